The van der Waals surface area contributed by atoms with Crippen molar-refractivity contribution >= 4 is 16.9 Å². The van der Waals surface area contributed by atoms with Crippen molar-refractivity contribution in [3.05, 3.63) is 29.5 Å². The van der Waals surface area contributed by atoms with Gasteiger partial charge in [-0.2, -0.15) is 0 Å². The first-order chi connectivity index (χ1) is 12.5. The van der Waals surface area contributed by atoms with Crippen LogP contribution in [0, 0.1) is 6.92 Å². The molecule has 27 heavy (non-hydrogen) atoms. The van der Waals surface area contributed by atoms with Gasteiger partial charge in [-0.05, 0) is 39.1 Å². The fraction of sp³-hybridized carbons (Fsp3) is 0.550. The van der Waals surface area contributed by atoms with Crippen molar-refractivity contribution in [2.24, 2.45) is 0 Å². The van der Waals surface area contributed by atoms with Gasteiger partial charge >= 0.3 is 5.97 Å². The predicted octanol–water partition coefficient (Wildman–Crippen LogP) is -0.614. The fourth-order valence-electron chi connectivity index (χ4n) is 3.65. The highest BCUT2D eigenvalue weighted by molar-refractivity contribution is 6.06. The molecule has 0 amide bonds. The molecule has 0 N–H and O–H groups in total. The number of rotatable bonds is 6. The van der Waals surface area contributed by atoms with Gasteiger partial charge in [0.05, 0.1) is 19.3 Å². The van der Waals surface area contributed by atoms with Crippen molar-refractivity contribution in [1.29, 1.82) is 0 Å². The molecule has 1 aromatic heterocycles. The van der Waals surface area contributed by atoms with E-state index in [4.69, 9.17) is 9.47 Å². The third kappa shape index (κ3) is 4.57. The summed E-state index contributed by atoms with van der Waals surface area (Å²) < 4.78 is 12.9. The highest BCUT2D eigenvalue weighted by Gasteiger charge is 2.22. The Morgan fingerprint density at radius 1 is 1.15 bits per heavy atom. The minimum absolute atomic E-state index is 0. The molecule has 0 spiro atoms. The van der Waals surface area contributed by atoms with E-state index in [0.717, 1.165) is 61.6 Å². The molecule has 0 bridgehead atoms. The highest BCUT2D eigenvalue weighted by atomic mass is 35.5. The zero-order valence-corrected chi connectivity index (χ0v) is 17.4. The Morgan fingerprint density at radius 2 is 1.85 bits per heavy atom. The first-order valence-corrected chi connectivity index (χ1v) is 9.30. The maximum atomic E-state index is 12.5. The average Bonchev–Trinajstić information content (AvgIpc) is 2.92. The summed E-state index contributed by atoms with van der Waals surface area (Å²) in [5.41, 5.74) is 2.67. The number of nitrogens with zero attached hydrogens (tertiary/aromatic N) is 3. The highest BCUT2D eigenvalue weighted by Crippen LogP contribution is 2.30. The van der Waals surface area contributed by atoms with E-state index < -0.39 is 0 Å². The van der Waals surface area contributed by atoms with Crippen LogP contribution in [0.15, 0.2) is 18.2 Å². The van der Waals surface area contributed by atoms with E-state index in [1.165, 1.54) is 0 Å². The summed E-state index contributed by atoms with van der Waals surface area (Å²) in [7, 11) is 3.81. The van der Waals surface area contributed by atoms with Crippen molar-refractivity contribution in [2.75, 3.05) is 53.5 Å². The number of ether oxygens (including phenoxy) is 2. The molecule has 6 nitrogen and oxygen atoms in total. The standard InChI is InChI=1S/C20H29N3O3.ClH/c1-5-26-20(24)19-15(2)23(13-12-22-10-8-21(3)9-11-22)18-7-6-16(25-4)14-17(18)19;/h6-7,14H,5,8-13H2,1-4H3;1H/p-1. The van der Waals surface area contributed by atoms with Crippen LogP contribution in [-0.2, 0) is 11.3 Å². The number of hydrogen-bond acceptors (Lipinski definition) is 5. The van der Waals surface area contributed by atoms with Gasteiger partial charge in [-0.1, -0.05) is 0 Å². The quantitative estimate of drug-likeness (QED) is 0.611. The molecule has 1 aliphatic rings. The number of aromatic nitrogens is 1. The van der Waals surface area contributed by atoms with Crippen molar-refractivity contribution in [2.45, 2.75) is 20.4 Å². The van der Waals surface area contributed by atoms with Crippen molar-refractivity contribution < 1.29 is 26.7 Å². The Labute approximate surface area is 167 Å². The van der Waals surface area contributed by atoms with E-state index in [9.17, 15) is 4.79 Å². The second-order valence-electron chi connectivity index (χ2n) is 6.86. The van der Waals surface area contributed by atoms with Crippen LogP contribution in [-0.4, -0.2) is 73.8 Å². The van der Waals surface area contributed by atoms with Gasteiger partial charge in [-0.25, -0.2) is 4.79 Å². The molecule has 1 saturated heterocycles. The minimum Gasteiger partial charge on any atom is -1.00 e. The summed E-state index contributed by atoms with van der Waals surface area (Å²) in [5, 5.41) is 0.902. The van der Waals surface area contributed by atoms with Crippen molar-refractivity contribution in [3.63, 3.8) is 0 Å². The molecule has 7 heteroatoms. The van der Waals surface area contributed by atoms with Crippen LogP contribution >= 0.6 is 0 Å². The Kier molecular flexibility index (Phi) is 7.53. The number of piperazine rings is 1. The summed E-state index contributed by atoms with van der Waals surface area (Å²) in [6.45, 7) is 10.4. The normalized spacial score (nSPS) is 15.6. The van der Waals surface area contributed by atoms with Gasteiger partial charge in [0.1, 0.15) is 5.75 Å². The summed E-state index contributed by atoms with van der Waals surface area (Å²) >= 11 is 0. The summed E-state index contributed by atoms with van der Waals surface area (Å²) in [5.74, 6) is 0.487. The number of fused-ring (bicyclic) bond motifs is 1. The fourth-order valence-corrected chi connectivity index (χ4v) is 3.65. The summed E-state index contributed by atoms with van der Waals surface area (Å²) in [6.07, 6.45) is 0. The lowest BCUT2D eigenvalue weighted by molar-refractivity contribution is -0.0000242. The van der Waals surface area contributed by atoms with Crippen molar-refractivity contribution in [1.82, 2.24) is 14.4 Å². The zero-order valence-electron chi connectivity index (χ0n) is 16.6. The molecular weight excluding hydrogens is 366 g/mol. The second kappa shape index (κ2) is 9.44. The predicted molar refractivity (Wildman–Crippen MR) is 103 cm³/mol. The van der Waals surface area contributed by atoms with Gasteiger partial charge in [-0.15, -0.1) is 0 Å². The lowest BCUT2D eigenvalue weighted by Gasteiger charge is -2.32. The molecule has 0 radical (unpaired) electrons. The molecule has 0 unspecified atom stereocenters. The second-order valence-corrected chi connectivity index (χ2v) is 6.86. The maximum absolute atomic E-state index is 12.5. The van der Waals surface area contributed by atoms with Crippen LogP contribution in [0.5, 0.6) is 5.75 Å². The monoisotopic (exact) mass is 394 g/mol. The van der Waals surface area contributed by atoms with E-state index in [0.29, 0.717) is 12.2 Å². The smallest absolute Gasteiger partial charge is 0.340 e. The van der Waals surface area contributed by atoms with Gasteiger partial charge in [0.2, 0.25) is 0 Å². The van der Waals surface area contributed by atoms with Crippen LogP contribution < -0.4 is 17.1 Å². The van der Waals surface area contributed by atoms with Gasteiger partial charge in [0.25, 0.3) is 0 Å². The van der Waals surface area contributed by atoms with Gasteiger partial charge < -0.3 is 31.3 Å². The van der Waals surface area contributed by atoms with E-state index in [1.807, 2.05) is 32.0 Å². The number of carbonyl (C=O) groups excluding carboxylic acids is 1. The number of likely N-dealkylation sites (N-methyl/N-ethyl adjacent to an activating group) is 1. The first-order valence-electron chi connectivity index (χ1n) is 9.30. The van der Waals surface area contributed by atoms with Crippen LogP contribution in [0.4, 0.5) is 0 Å². The van der Waals surface area contributed by atoms with Crippen LogP contribution in [0.3, 0.4) is 0 Å². The SMILES string of the molecule is CCOC(=O)c1c(C)n(CCN2CCN(C)CC2)c2ccc(OC)cc12.[Cl-]. The third-order valence-corrected chi connectivity index (χ3v) is 5.25. The number of benzene rings is 1. The molecule has 1 fully saturated rings. The minimum atomic E-state index is -0.262. The summed E-state index contributed by atoms with van der Waals surface area (Å²) in [6, 6.07) is 5.91. The average molecular weight is 395 g/mol. The maximum Gasteiger partial charge on any atom is 0.340 e. The molecule has 2 aromatic rings. The van der Waals surface area contributed by atoms with Crippen LogP contribution in [0.25, 0.3) is 10.9 Å². The molecule has 0 saturated carbocycles. The van der Waals surface area contributed by atoms with E-state index in [-0.39, 0.29) is 18.4 Å². The number of esters is 1. The zero-order chi connectivity index (χ0) is 18.7. The largest absolute Gasteiger partial charge is 1.00 e. The van der Waals surface area contributed by atoms with Crippen LogP contribution in [0.2, 0.25) is 0 Å². The lowest BCUT2D eigenvalue weighted by Crippen LogP contribution is -3.00. The van der Waals surface area contributed by atoms with E-state index >= 15 is 0 Å². The summed E-state index contributed by atoms with van der Waals surface area (Å²) in [4.78, 5) is 17.4. The molecule has 0 atom stereocenters. The third-order valence-electron chi connectivity index (χ3n) is 5.25. The molecule has 2 heterocycles. The molecule has 1 aliphatic heterocycles. The Bertz CT molecular complexity index is 782. The molecule has 150 valence electrons. The molecule has 3 rings (SSSR count). The molecule has 0 aliphatic carbocycles. The van der Waals surface area contributed by atoms with Gasteiger partial charge in [0, 0.05) is 55.9 Å². The molecule has 1 aromatic carbocycles. The van der Waals surface area contributed by atoms with Gasteiger partial charge in [0.15, 0.2) is 0 Å². The van der Waals surface area contributed by atoms with E-state index in [1.54, 1.807) is 7.11 Å². The number of halogens is 1. The van der Waals surface area contributed by atoms with Crippen molar-refractivity contribution in [3.8, 4) is 5.75 Å². The topological polar surface area (TPSA) is 46.9 Å². The van der Waals surface area contributed by atoms with E-state index in [2.05, 4.69) is 21.4 Å². The Balaban J connectivity index is 0.00000261. The first kappa shape index (κ1) is 21.5. The molecular formula is C20H29ClN3O3-. The van der Waals surface area contributed by atoms with Crippen LogP contribution in [0.1, 0.15) is 23.0 Å². The number of carbonyl (C=O) groups is 1. The Morgan fingerprint density at radius 3 is 2.48 bits per heavy atom. The number of hydrogen-bond donors (Lipinski definition) is 0. The Hall–Kier alpha value is -1.76. The number of methoxy groups -OCH3 is 1. The lowest BCUT2D eigenvalue weighted by atomic mass is 10.1. The van der Waals surface area contributed by atoms with Gasteiger partial charge in [-0.3, -0.25) is 4.90 Å².